The fraction of sp³-hybridized carbons (Fsp3) is 0.280. The molecule has 2 aliphatic heterocycles. The monoisotopic (exact) mass is 545 g/mol. The summed E-state index contributed by atoms with van der Waals surface area (Å²) in [5.41, 5.74) is 2.03. The van der Waals surface area contributed by atoms with Gasteiger partial charge >= 0.3 is 12.1 Å². The second-order valence-corrected chi connectivity index (χ2v) is 8.98. The fourth-order valence-corrected chi connectivity index (χ4v) is 4.79. The van der Waals surface area contributed by atoms with E-state index >= 15 is 0 Å². The number of hydrogen-bond acceptors (Lipinski definition) is 8. The number of carboxylic acid groups (broad SMARTS) is 1. The number of oxazole rings is 1. The molecule has 1 aromatic heterocycles. The molecule has 1 saturated heterocycles. The van der Waals surface area contributed by atoms with Crippen molar-refractivity contribution in [2.24, 2.45) is 0 Å². The van der Waals surface area contributed by atoms with Crippen LogP contribution in [0.15, 0.2) is 58.6 Å². The number of hydrogen-bond donors (Lipinski definition) is 3. The molecular formula is C25H22F3N5O6. The van der Waals surface area contributed by atoms with Gasteiger partial charge in [0.05, 0.1) is 13.0 Å². The number of amides is 2. The van der Waals surface area contributed by atoms with E-state index in [9.17, 15) is 32.7 Å². The third-order valence-electron chi connectivity index (χ3n) is 6.52. The molecule has 2 aliphatic rings. The van der Waals surface area contributed by atoms with Gasteiger partial charge in [0.2, 0.25) is 5.89 Å². The Hall–Kier alpha value is -4.59. The van der Waals surface area contributed by atoms with Crippen molar-refractivity contribution in [3.63, 3.8) is 0 Å². The van der Waals surface area contributed by atoms with E-state index in [1.807, 2.05) is 0 Å². The zero-order valence-corrected chi connectivity index (χ0v) is 20.5. The predicted molar refractivity (Wildman–Crippen MR) is 129 cm³/mol. The highest BCUT2D eigenvalue weighted by molar-refractivity contribution is 6.25. The quantitative estimate of drug-likeness (QED) is 0.425. The smallest absolute Gasteiger partial charge is 0.406 e. The maximum atomic E-state index is 14.2. The van der Waals surface area contributed by atoms with E-state index in [-0.39, 0.29) is 22.6 Å². The number of likely N-dealkylation sites (N-methyl/N-ethyl adjacent to an activating group) is 1. The van der Waals surface area contributed by atoms with Crippen molar-refractivity contribution in [3.05, 3.63) is 65.7 Å². The number of hydrazine groups is 1. The van der Waals surface area contributed by atoms with E-state index in [2.05, 4.69) is 15.7 Å². The summed E-state index contributed by atoms with van der Waals surface area (Å²) in [6, 6.07) is 10.3. The number of benzene rings is 2. The van der Waals surface area contributed by atoms with Crippen LogP contribution in [-0.2, 0) is 14.4 Å². The number of methoxy groups -OCH3 is 1. The molecule has 3 heterocycles. The lowest BCUT2D eigenvalue weighted by Crippen LogP contribution is -2.57. The Kier molecular flexibility index (Phi) is 6.42. The number of nitrogens with zero attached hydrogens (tertiary/aromatic N) is 3. The summed E-state index contributed by atoms with van der Waals surface area (Å²) in [6.45, 7) is -0.729. The summed E-state index contributed by atoms with van der Waals surface area (Å²) in [6.07, 6.45) is -6.12. The molecule has 11 nitrogen and oxygen atoms in total. The van der Waals surface area contributed by atoms with Gasteiger partial charge in [-0.25, -0.2) is 15.4 Å². The summed E-state index contributed by atoms with van der Waals surface area (Å²) in [4.78, 5) is 43.7. The molecule has 0 bridgehead atoms. The lowest BCUT2D eigenvalue weighted by atomic mass is 9.89. The number of aromatic nitrogens is 1. The van der Waals surface area contributed by atoms with Gasteiger partial charge in [-0.2, -0.15) is 13.2 Å². The first kappa shape index (κ1) is 26.0. The van der Waals surface area contributed by atoms with Crippen molar-refractivity contribution in [3.8, 4) is 5.75 Å². The van der Waals surface area contributed by atoms with Crippen molar-refractivity contribution in [1.29, 1.82) is 0 Å². The summed E-state index contributed by atoms with van der Waals surface area (Å²) < 4.78 is 53.6. The Morgan fingerprint density at radius 1 is 1.18 bits per heavy atom. The normalized spacial score (nSPS) is 21.1. The van der Waals surface area contributed by atoms with Gasteiger partial charge in [0.25, 0.3) is 11.8 Å². The van der Waals surface area contributed by atoms with Crippen LogP contribution in [0.2, 0.25) is 0 Å². The van der Waals surface area contributed by atoms with Gasteiger partial charge in [-0.05, 0) is 17.7 Å². The average Bonchev–Trinajstić information content (AvgIpc) is 3.50. The number of nitrogens with one attached hydrogen (secondary N) is 2. The van der Waals surface area contributed by atoms with E-state index in [0.717, 1.165) is 9.91 Å². The maximum Gasteiger partial charge on any atom is 0.406 e. The molecule has 2 amide bonds. The SMILES string of the molecule is COc1cccc2oc(C3=C(C(=O)N(C)CC(=O)O)NC4C(c5ccccc5)C(C(F)(F)F)NN4C3=O)nc12. The van der Waals surface area contributed by atoms with Crippen LogP contribution in [0.5, 0.6) is 5.75 Å². The van der Waals surface area contributed by atoms with Crippen molar-refractivity contribution in [2.75, 3.05) is 20.7 Å². The van der Waals surface area contributed by atoms with E-state index in [0.29, 0.717) is 5.75 Å². The first-order valence-corrected chi connectivity index (χ1v) is 11.6. The Labute approximate surface area is 218 Å². The highest BCUT2D eigenvalue weighted by atomic mass is 19.4. The third kappa shape index (κ3) is 4.52. The van der Waals surface area contributed by atoms with Gasteiger partial charge in [-0.15, -0.1) is 0 Å². The molecule has 3 N–H and O–H groups in total. The molecule has 3 aromatic rings. The minimum atomic E-state index is -4.77. The van der Waals surface area contributed by atoms with Gasteiger partial charge in [-0.3, -0.25) is 14.4 Å². The van der Waals surface area contributed by atoms with Gasteiger partial charge in [0.1, 0.15) is 35.8 Å². The topological polar surface area (TPSA) is 137 Å². The van der Waals surface area contributed by atoms with Crippen LogP contribution in [0.1, 0.15) is 17.4 Å². The van der Waals surface area contributed by atoms with Crippen molar-refractivity contribution in [2.45, 2.75) is 24.3 Å². The van der Waals surface area contributed by atoms with Crippen LogP contribution in [0, 0.1) is 0 Å². The number of fused-ring (bicyclic) bond motifs is 2. The fourth-order valence-electron chi connectivity index (χ4n) is 4.79. The lowest BCUT2D eigenvalue weighted by Gasteiger charge is -2.35. The van der Waals surface area contributed by atoms with Crippen LogP contribution in [0.3, 0.4) is 0 Å². The minimum absolute atomic E-state index is 0.196. The zero-order chi connectivity index (χ0) is 28.1. The summed E-state index contributed by atoms with van der Waals surface area (Å²) in [7, 11) is 2.58. The van der Waals surface area contributed by atoms with Gasteiger partial charge in [-0.1, -0.05) is 36.4 Å². The number of para-hydroxylation sites is 1. The molecule has 5 rings (SSSR count). The Morgan fingerprint density at radius 2 is 1.90 bits per heavy atom. The molecule has 3 atom stereocenters. The van der Waals surface area contributed by atoms with Crippen LogP contribution in [0.4, 0.5) is 13.2 Å². The number of carbonyl (C=O) groups is 3. The number of carbonyl (C=O) groups excluding carboxylic acids is 2. The van der Waals surface area contributed by atoms with Gasteiger partial charge in [0, 0.05) is 7.05 Å². The second-order valence-electron chi connectivity index (χ2n) is 8.98. The number of halogens is 3. The maximum absolute atomic E-state index is 14.2. The Morgan fingerprint density at radius 3 is 2.54 bits per heavy atom. The number of aliphatic carboxylic acids is 1. The molecule has 0 saturated carbocycles. The number of alkyl halides is 3. The standard InChI is InChI=1S/C25H22F3N5O6/c1-32(11-15(34)35)24(37)19-17(22-30-18-13(38-2)9-6-10-14(18)39-22)23(36)33-21(29-19)16(12-7-4-3-5-8-12)20(31-33)25(26,27)28/h3-10,16,20-21,29,31H,11H2,1-2H3,(H,34,35). The molecule has 3 unspecified atom stereocenters. The van der Waals surface area contributed by atoms with Gasteiger partial charge in [0.15, 0.2) is 11.1 Å². The van der Waals surface area contributed by atoms with E-state index in [4.69, 9.17) is 9.15 Å². The summed E-state index contributed by atoms with van der Waals surface area (Å²) in [5, 5.41) is 12.7. The first-order valence-electron chi connectivity index (χ1n) is 11.6. The van der Waals surface area contributed by atoms with Crippen molar-refractivity contribution >= 4 is 34.5 Å². The zero-order valence-electron chi connectivity index (χ0n) is 20.5. The van der Waals surface area contributed by atoms with E-state index in [1.54, 1.807) is 30.3 Å². The van der Waals surface area contributed by atoms with E-state index in [1.165, 1.54) is 32.4 Å². The first-order chi connectivity index (χ1) is 18.5. The Balaban J connectivity index is 1.68. The highest BCUT2D eigenvalue weighted by Crippen LogP contribution is 2.43. The average molecular weight is 545 g/mol. The highest BCUT2D eigenvalue weighted by Gasteiger charge is 2.59. The third-order valence-corrected chi connectivity index (χ3v) is 6.52. The molecule has 0 radical (unpaired) electrons. The van der Waals surface area contributed by atoms with Crippen molar-refractivity contribution < 1.29 is 41.8 Å². The number of rotatable bonds is 6. The predicted octanol–water partition coefficient (Wildman–Crippen LogP) is 2.08. The molecule has 14 heteroatoms. The molecule has 204 valence electrons. The molecule has 0 aliphatic carbocycles. The Bertz CT molecular complexity index is 1490. The largest absolute Gasteiger partial charge is 0.494 e. The number of carboxylic acids is 1. The summed E-state index contributed by atoms with van der Waals surface area (Å²) in [5.74, 6) is -4.70. The molecular weight excluding hydrogens is 523 g/mol. The van der Waals surface area contributed by atoms with Crippen LogP contribution in [-0.4, -0.2) is 76.9 Å². The second kappa shape index (κ2) is 9.62. The van der Waals surface area contributed by atoms with Crippen LogP contribution in [0.25, 0.3) is 16.7 Å². The van der Waals surface area contributed by atoms with Crippen molar-refractivity contribution in [1.82, 2.24) is 25.6 Å². The summed E-state index contributed by atoms with van der Waals surface area (Å²) >= 11 is 0. The minimum Gasteiger partial charge on any atom is -0.494 e. The molecule has 2 aromatic carbocycles. The van der Waals surface area contributed by atoms with Crippen LogP contribution >= 0.6 is 0 Å². The van der Waals surface area contributed by atoms with E-state index < -0.39 is 59.9 Å². The molecule has 1 fully saturated rings. The lowest BCUT2D eigenvalue weighted by molar-refractivity contribution is -0.161. The number of ether oxygens (including phenoxy) is 1. The van der Waals surface area contributed by atoms with Crippen LogP contribution < -0.4 is 15.5 Å². The molecule has 0 spiro atoms. The molecule has 39 heavy (non-hydrogen) atoms. The van der Waals surface area contributed by atoms with Gasteiger partial charge < -0.3 is 24.5 Å².